The molecule has 2 aliphatic rings. The van der Waals surface area contributed by atoms with E-state index < -0.39 is 44.7 Å². The van der Waals surface area contributed by atoms with E-state index in [1.165, 1.54) is 12.1 Å². The Bertz CT molecular complexity index is 2860. The molecule has 6 aromatic rings. The average Bonchev–Trinajstić information content (AvgIpc) is 3.86. The van der Waals surface area contributed by atoms with E-state index in [1.807, 2.05) is 24.3 Å². The second-order valence-corrected chi connectivity index (χ2v) is 12.9. The number of hydrogen-bond donors (Lipinski definition) is 6. The van der Waals surface area contributed by atoms with Gasteiger partial charge in [0.2, 0.25) is 0 Å². The molecule has 0 spiro atoms. The van der Waals surface area contributed by atoms with Gasteiger partial charge < -0.3 is 0 Å². The Kier molecular flexibility index (Phi) is 7.43. The van der Waals surface area contributed by atoms with Crippen LogP contribution in [0.4, 0.5) is 0 Å². The fourth-order valence-electron chi connectivity index (χ4n) is 6.08. The Morgan fingerprint density at radius 1 is 0.577 bits per heavy atom. The number of nitrogens with zero attached hydrogens (tertiary/aromatic N) is 6. The summed E-state index contributed by atoms with van der Waals surface area (Å²) in [6.45, 7) is 0. The number of nitrogens with one attached hydrogen (secondary N) is 2. The standard InChI is InChI=1S/C35H17N8O8.Zn/c44-23(45)13-21(34(48)49)25(35(50)51)20-12-22-36-26-14-6-1-2-7-15(14)27(38-26)39-28-16-8-3-4-9-17(16)29(40-28)41-30-18-10-5-11-19(33(46)47)24(18)32(42-30)43-31(20)37-22;/h1-11H,(H,44,45)(H,46,47)(H,48,49)(H,50,51)(H2,36,37,38,39,40,41,42,43);/q-1;/b25-21-;. The van der Waals surface area contributed by atoms with E-state index in [-0.39, 0.29) is 69.1 Å². The molecule has 52 heavy (non-hydrogen) atoms. The zero-order chi connectivity index (χ0) is 36.4. The van der Waals surface area contributed by atoms with Gasteiger partial charge in [-0.25, -0.2) is 0 Å². The first-order valence-corrected chi connectivity index (χ1v) is 16.6. The number of aromatic amines is 2. The summed E-state index contributed by atoms with van der Waals surface area (Å²) in [6.07, 6.45) is 0. The molecule has 17 heteroatoms. The topological polar surface area (TPSA) is 258 Å². The molecule has 0 unspecified atom stereocenters. The summed E-state index contributed by atoms with van der Waals surface area (Å²) >= 11 is -0.214. The van der Waals surface area contributed by atoms with Crippen molar-refractivity contribution in [1.29, 1.82) is 0 Å². The van der Waals surface area contributed by atoms with Crippen LogP contribution >= 0.6 is 0 Å². The molecular formula is C35H17N8O8Zn-. The van der Waals surface area contributed by atoms with Crippen LogP contribution in [-0.2, 0) is 32.2 Å². The summed E-state index contributed by atoms with van der Waals surface area (Å²) in [7, 11) is 0. The summed E-state index contributed by atoms with van der Waals surface area (Å²) in [6, 6.07) is 21.7. The first kappa shape index (κ1) is 32.1. The molecule has 0 amide bonds. The number of carbonyl (C=O) groups is 4. The van der Waals surface area contributed by atoms with Crippen LogP contribution in [0.5, 0.6) is 0 Å². The number of aromatic carboxylic acids is 1. The Morgan fingerprint density at radius 3 is 1.73 bits per heavy atom. The summed E-state index contributed by atoms with van der Waals surface area (Å²) in [5.74, 6) is -6.25. The van der Waals surface area contributed by atoms with Crippen LogP contribution in [-0.4, -0.2) is 88.3 Å². The number of carboxylic acid groups (broad SMARTS) is 4. The molecule has 6 N–H and O–H groups in total. The molecule has 5 heterocycles. The van der Waals surface area contributed by atoms with Gasteiger partial charge in [0.15, 0.2) is 0 Å². The van der Waals surface area contributed by atoms with Crippen LogP contribution in [0.1, 0.15) is 15.9 Å². The Balaban J connectivity index is 1.59. The zero-order valence-electron chi connectivity index (χ0n) is 26.2. The SMILES string of the molecule is O=C(O)[C](=[Zn])/C(C(=O)O)=C(/C(=O)O)c1[c-]c2nc3nc(nc4[nH]c(nc5nc(nc1[nH]2)-c1c(C(=O)O)cccc1-5)c1ccccc41)-c1ccccc1-3. The Hall–Kier alpha value is -7.13. The quantitative estimate of drug-likeness (QED) is 0.0801. The van der Waals surface area contributed by atoms with Gasteiger partial charge in [0, 0.05) is 5.39 Å². The van der Waals surface area contributed by atoms with Gasteiger partial charge in [0.1, 0.15) is 0 Å². The normalized spacial score (nSPS) is 12.1. The third-order valence-corrected chi connectivity index (χ3v) is 9.72. The van der Waals surface area contributed by atoms with Crippen molar-refractivity contribution >= 4 is 66.9 Å². The molecular weight excluding hydrogens is 726 g/mol. The first-order valence-electron chi connectivity index (χ1n) is 15.1. The summed E-state index contributed by atoms with van der Waals surface area (Å²) in [5, 5.41) is 41.7. The number of aromatic nitrogens is 8. The summed E-state index contributed by atoms with van der Waals surface area (Å²) in [4.78, 5) is 83.8. The molecule has 0 saturated carbocycles. The Morgan fingerprint density at radius 2 is 1.13 bits per heavy atom. The number of fused-ring (bicyclic) bond motifs is 17. The van der Waals surface area contributed by atoms with Gasteiger partial charge >= 0.3 is 270 Å². The minimum atomic E-state index is -1.81. The van der Waals surface area contributed by atoms with Crippen molar-refractivity contribution in [2.75, 3.05) is 0 Å². The third kappa shape index (κ3) is 5.15. The molecule has 0 radical (unpaired) electrons. The molecule has 0 atom stereocenters. The number of rotatable bonds is 6. The predicted octanol–water partition coefficient (Wildman–Crippen LogP) is 3.94. The van der Waals surface area contributed by atoms with Crippen LogP contribution in [0.2, 0.25) is 0 Å². The number of H-pyrrole nitrogens is 2. The van der Waals surface area contributed by atoms with Gasteiger partial charge in [-0.2, -0.15) is 0 Å². The number of benzene rings is 3. The maximum atomic E-state index is 12.8. The van der Waals surface area contributed by atoms with E-state index in [9.17, 15) is 39.6 Å². The fraction of sp³-hybridized carbons (Fsp3) is 0. The first-order chi connectivity index (χ1) is 25.0. The van der Waals surface area contributed by atoms with E-state index in [2.05, 4.69) is 36.0 Å². The van der Waals surface area contributed by atoms with Crippen molar-refractivity contribution in [3.63, 3.8) is 0 Å². The number of hydrogen-bond acceptors (Lipinski definition) is 10. The average molecular weight is 743 g/mol. The summed E-state index contributed by atoms with van der Waals surface area (Å²) in [5.41, 5.74) is -0.806. The predicted molar refractivity (Wildman–Crippen MR) is 179 cm³/mol. The number of carboxylic acids is 4. The molecule has 0 aliphatic carbocycles. The van der Waals surface area contributed by atoms with Gasteiger partial charge in [0.05, 0.1) is 0 Å². The van der Waals surface area contributed by atoms with Gasteiger partial charge in [-0.1, -0.05) is 24.3 Å². The fourth-order valence-corrected chi connectivity index (χ4v) is 6.77. The van der Waals surface area contributed by atoms with Crippen LogP contribution in [0.15, 0.2) is 72.3 Å². The van der Waals surface area contributed by atoms with Gasteiger partial charge in [0.25, 0.3) is 0 Å². The molecule has 3 aromatic heterocycles. The zero-order valence-corrected chi connectivity index (χ0v) is 29.1. The molecule has 8 bridgehead atoms. The molecule has 2 aliphatic heterocycles. The molecule has 16 nitrogen and oxygen atoms in total. The monoisotopic (exact) mass is 741 g/mol. The van der Waals surface area contributed by atoms with E-state index in [0.717, 1.165) is 0 Å². The van der Waals surface area contributed by atoms with Crippen molar-refractivity contribution in [3.05, 3.63) is 89.5 Å². The van der Waals surface area contributed by atoms with E-state index in [0.29, 0.717) is 33.2 Å². The van der Waals surface area contributed by atoms with Crippen molar-refractivity contribution in [2.24, 2.45) is 0 Å². The maximum absolute atomic E-state index is 12.8. The van der Waals surface area contributed by atoms with Gasteiger partial charge in [-0.3, -0.25) is 0 Å². The molecule has 0 saturated heterocycles. The second kappa shape index (κ2) is 12.0. The van der Waals surface area contributed by atoms with Crippen LogP contribution in [0, 0.1) is 6.07 Å². The molecule has 3 aromatic carbocycles. The van der Waals surface area contributed by atoms with E-state index >= 15 is 0 Å². The van der Waals surface area contributed by atoms with Crippen molar-refractivity contribution in [2.45, 2.75) is 0 Å². The van der Waals surface area contributed by atoms with Crippen molar-refractivity contribution < 1.29 is 57.5 Å². The second-order valence-electron chi connectivity index (χ2n) is 11.4. The van der Waals surface area contributed by atoms with Gasteiger partial charge in [-0.05, 0) is 0 Å². The summed E-state index contributed by atoms with van der Waals surface area (Å²) < 4.78 is -0.652. The van der Waals surface area contributed by atoms with Gasteiger partial charge in [-0.15, -0.1) is 0 Å². The van der Waals surface area contributed by atoms with E-state index in [1.54, 1.807) is 30.3 Å². The van der Waals surface area contributed by atoms with Crippen molar-refractivity contribution in [1.82, 2.24) is 39.9 Å². The van der Waals surface area contributed by atoms with Crippen LogP contribution < -0.4 is 0 Å². The van der Waals surface area contributed by atoms with E-state index in [4.69, 9.17) is 9.97 Å². The van der Waals surface area contributed by atoms with Crippen molar-refractivity contribution in [3.8, 4) is 45.6 Å². The number of aliphatic carboxylic acids is 3. The third-order valence-electron chi connectivity index (χ3n) is 8.34. The van der Waals surface area contributed by atoms with Crippen LogP contribution in [0.25, 0.3) is 84.5 Å². The molecule has 8 rings (SSSR count). The molecule has 248 valence electrons. The molecule has 0 fully saturated rings. The minimum absolute atomic E-state index is 0.0463. The van der Waals surface area contributed by atoms with Crippen LogP contribution in [0.3, 0.4) is 0 Å². The Labute approximate surface area is 298 Å².